The van der Waals surface area contributed by atoms with Gasteiger partial charge in [0.2, 0.25) is 6.20 Å². The van der Waals surface area contributed by atoms with Crippen LogP contribution in [0.1, 0.15) is 13.8 Å². The summed E-state index contributed by atoms with van der Waals surface area (Å²) in [4.78, 5) is 4.52. The van der Waals surface area contributed by atoms with Gasteiger partial charge >= 0.3 is 0 Å². The summed E-state index contributed by atoms with van der Waals surface area (Å²) in [5.41, 5.74) is 1.15. The Morgan fingerprint density at radius 1 is 1.50 bits per heavy atom. The maximum atomic E-state index is 4.52. The summed E-state index contributed by atoms with van der Waals surface area (Å²) in [5, 5.41) is 4.11. The molecule has 0 bridgehead atoms. The molecule has 0 N–H and O–H groups in total. The van der Waals surface area contributed by atoms with Crippen molar-refractivity contribution < 1.29 is 4.70 Å². The van der Waals surface area contributed by atoms with E-state index in [1.54, 1.807) is 6.20 Å². The summed E-state index contributed by atoms with van der Waals surface area (Å²) >= 11 is 0. The van der Waals surface area contributed by atoms with Crippen molar-refractivity contribution in [1.82, 2.24) is 0 Å². The highest BCUT2D eigenvalue weighted by Gasteiger charge is 2.25. The fourth-order valence-corrected chi connectivity index (χ4v) is 1.27. The van der Waals surface area contributed by atoms with Gasteiger partial charge in [-0.15, -0.1) is 0 Å². The van der Waals surface area contributed by atoms with Gasteiger partial charge in [0.25, 0.3) is 6.17 Å². The zero-order valence-corrected chi connectivity index (χ0v) is 7.31. The molecule has 2 heterocycles. The molecule has 12 heavy (non-hydrogen) atoms. The van der Waals surface area contributed by atoms with Crippen LogP contribution in [0.2, 0.25) is 0 Å². The van der Waals surface area contributed by atoms with E-state index in [1.165, 1.54) is 0 Å². The van der Waals surface area contributed by atoms with Crippen LogP contribution in [0.15, 0.2) is 34.7 Å². The maximum absolute atomic E-state index is 4.52. The molecule has 2 rings (SSSR count). The van der Waals surface area contributed by atoms with E-state index in [9.17, 15) is 0 Å². The van der Waals surface area contributed by atoms with Crippen molar-refractivity contribution in [2.24, 2.45) is 16.0 Å². The Morgan fingerprint density at radius 2 is 2.33 bits per heavy atom. The molecule has 0 aromatic carbocycles. The van der Waals surface area contributed by atoms with Crippen LogP contribution in [-0.4, -0.2) is 16.6 Å². The molecule has 0 aromatic heterocycles. The molecule has 0 radical (unpaired) electrons. The highest BCUT2D eigenvalue weighted by molar-refractivity contribution is 5.96. The van der Waals surface area contributed by atoms with Gasteiger partial charge in [0.1, 0.15) is 0 Å². The van der Waals surface area contributed by atoms with Gasteiger partial charge in [0.05, 0.1) is 11.9 Å². The summed E-state index contributed by atoms with van der Waals surface area (Å²) in [5.74, 6) is 0.498. The van der Waals surface area contributed by atoms with E-state index in [-0.39, 0.29) is 6.17 Å². The number of aliphatic imine (C=N–C) groups is 1. The largest absolute Gasteiger partial charge is 0.297 e. The molecule has 0 saturated carbocycles. The first-order valence-electron chi connectivity index (χ1n) is 4.19. The number of allylic oxidation sites excluding steroid dienone is 1. The van der Waals surface area contributed by atoms with Crippen molar-refractivity contribution in [1.29, 1.82) is 0 Å². The number of fused-ring (bicyclic) bond motifs is 1. The lowest BCUT2D eigenvalue weighted by Gasteiger charge is -2.09. The summed E-state index contributed by atoms with van der Waals surface area (Å²) < 4.78 is 1.85. The molecule has 3 nitrogen and oxygen atoms in total. The molecule has 0 aromatic rings. The summed E-state index contributed by atoms with van der Waals surface area (Å²) in [6, 6.07) is 0. The second-order valence-corrected chi connectivity index (χ2v) is 3.28. The molecule has 0 saturated heterocycles. The molecule has 3 heteroatoms. The van der Waals surface area contributed by atoms with Crippen LogP contribution < -0.4 is 0 Å². The zero-order valence-electron chi connectivity index (χ0n) is 7.31. The van der Waals surface area contributed by atoms with E-state index < -0.39 is 0 Å². The van der Waals surface area contributed by atoms with E-state index in [0.29, 0.717) is 5.92 Å². The van der Waals surface area contributed by atoms with Gasteiger partial charge in [-0.05, 0) is 11.0 Å². The number of azo groups is 2. The van der Waals surface area contributed by atoms with Gasteiger partial charge in [-0.2, -0.15) is 0 Å². The summed E-state index contributed by atoms with van der Waals surface area (Å²) in [6.07, 6.45) is 7.91. The predicted molar refractivity (Wildman–Crippen MR) is 47.0 cm³/mol. The van der Waals surface area contributed by atoms with E-state index >= 15 is 0 Å². The van der Waals surface area contributed by atoms with Crippen molar-refractivity contribution in [3.8, 4) is 0 Å². The first kappa shape index (κ1) is 7.40. The van der Waals surface area contributed by atoms with E-state index in [1.807, 2.05) is 23.0 Å². The Labute approximate surface area is 71.8 Å². The standard InChI is InChI=1S/C9H12N3/c1-7(2)8-4-6-12-9(11-8)3-5-10-12/h3-7,9H,1-2H3/q+1. The molecule has 62 valence electrons. The molecule has 1 atom stereocenters. The molecular formula is C9H12N3+. The Hall–Kier alpha value is -1.25. The molecule has 1 unspecified atom stereocenters. The van der Waals surface area contributed by atoms with Crippen molar-refractivity contribution in [3.05, 3.63) is 24.6 Å². The van der Waals surface area contributed by atoms with E-state index in [2.05, 4.69) is 24.0 Å². The van der Waals surface area contributed by atoms with Crippen LogP contribution in [0.4, 0.5) is 0 Å². The maximum Gasteiger partial charge on any atom is 0.297 e. The van der Waals surface area contributed by atoms with Gasteiger partial charge in [0, 0.05) is 12.2 Å². The number of hydrogen-bond acceptors (Lipinski definition) is 2. The Balaban J connectivity index is 2.28. The van der Waals surface area contributed by atoms with Gasteiger partial charge in [-0.1, -0.05) is 18.5 Å². The predicted octanol–water partition coefficient (Wildman–Crippen LogP) is 1.93. The van der Waals surface area contributed by atoms with Gasteiger partial charge in [-0.3, -0.25) is 0 Å². The van der Waals surface area contributed by atoms with Crippen molar-refractivity contribution in [3.63, 3.8) is 0 Å². The first-order chi connectivity index (χ1) is 5.77. The quantitative estimate of drug-likeness (QED) is 0.527. The van der Waals surface area contributed by atoms with Crippen molar-refractivity contribution in [2.45, 2.75) is 20.0 Å². The molecule has 2 aliphatic rings. The van der Waals surface area contributed by atoms with Crippen LogP contribution in [0, 0.1) is 5.92 Å². The molecule has 2 aliphatic heterocycles. The minimum absolute atomic E-state index is 0.118. The van der Waals surface area contributed by atoms with Gasteiger partial charge in [0.15, 0.2) is 0 Å². The lowest BCUT2D eigenvalue weighted by atomic mass is 10.1. The van der Waals surface area contributed by atoms with Gasteiger partial charge in [-0.25, -0.2) is 4.99 Å². The first-order valence-corrected chi connectivity index (χ1v) is 4.19. The molecule has 0 amide bonds. The third kappa shape index (κ3) is 1.11. The van der Waals surface area contributed by atoms with Crippen LogP contribution in [0.5, 0.6) is 0 Å². The minimum atomic E-state index is 0.118. The topological polar surface area (TPSA) is 27.7 Å². The number of nitrogens with zero attached hydrogens (tertiary/aromatic N) is 3. The number of rotatable bonds is 1. The fourth-order valence-electron chi connectivity index (χ4n) is 1.27. The highest BCUT2D eigenvalue weighted by Crippen LogP contribution is 2.14. The Kier molecular flexibility index (Phi) is 1.64. The van der Waals surface area contributed by atoms with Crippen LogP contribution in [-0.2, 0) is 0 Å². The van der Waals surface area contributed by atoms with Crippen molar-refractivity contribution in [2.75, 3.05) is 0 Å². The SMILES string of the molecule is CC(C)C1=NC2C=CN=[N+]2C=C1. The van der Waals surface area contributed by atoms with Crippen LogP contribution in [0.25, 0.3) is 0 Å². The Morgan fingerprint density at radius 3 is 3.08 bits per heavy atom. The second-order valence-electron chi connectivity index (χ2n) is 3.28. The minimum Gasteiger partial charge on any atom is -0.215 e. The van der Waals surface area contributed by atoms with Crippen LogP contribution >= 0.6 is 0 Å². The monoisotopic (exact) mass is 162 g/mol. The third-order valence-electron chi connectivity index (χ3n) is 2.00. The Bertz CT molecular complexity index is 308. The summed E-state index contributed by atoms with van der Waals surface area (Å²) in [6.45, 7) is 4.29. The third-order valence-corrected chi connectivity index (χ3v) is 2.00. The second kappa shape index (κ2) is 2.66. The summed E-state index contributed by atoms with van der Waals surface area (Å²) in [7, 11) is 0. The van der Waals surface area contributed by atoms with Gasteiger partial charge < -0.3 is 0 Å². The average Bonchev–Trinajstić information content (AvgIpc) is 2.49. The molecular weight excluding hydrogens is 150 g/mol. The lowest BCUT2D eigenvalue weighted by molar-refractivity contribution is -0.545. The highest BCUT2D eigenvalue weighted by atomic mass is 15.3. The average molecular weight is 162 g/mol. The number of hydrogen-bond donors (Lipinski definition) is 0. The zero-order chi connectivity index (χ0) is 8.55. The van der Waals surface area contributed by atoms with Crippen LogP contribution in [0.3, 0.4) is 0 Å². The molecule has 0 fully saturated rings. The van der Waals surface area contributed by atoms with Crippen molar-refractivity contribution >= 4 is 5.71 Å². The molecule has 0 aliphatic carbocycles. The lowest BCUT2D eigenvalue weighted by Crippen LogP contribution is -2.21. The smallest absolute Gasteiger partial charge is 0.215 e. The van der Waals surface area contributed by atoms with E-state index in [4.69, 9.17) is 0 Å². The molecule has 0 spiro atoms. The van der Waals surface area contributed by atoms with E-state index in [0.717, 1.165) is 5.71 Å². The fraction of sp³-hybridized carbons (Fsp3) is 0.444. The normalized spacial score (nSPS) is 25.8.